The molecule has 1 aromatic carbocycles. The van der Waals surface area contributed by atoms with E-state index in [-0.39, 0.29) is 18.5 Å². The zero-order chi connectivity index (χ0) is 14.1. The molecule has 1 amide bonds. The molecule has 20 heavy (non-hydrogen) atoms. The van der Waals surface area contributed by atoms with Crippen LogP contribution in [0.4, 0.5) is 5.69 Å². The molecule has 104 valence electrons. The zero-order valence-corrected chi connectivity index (χ0v) is 11.4. The van der Waals surface area contributed by atoms with Crippen molar-refractivity contribution < 1.29 is 4.79 Å². The van der Waals surface area contributed by atoms with E-state index in [2.05, 4.69) is 23.3 Å². The Morgan fingerprint density at radius 1 is 1.45 bits per heavy atom. The zero-order valence-electron chi connectivity index (χ0n) is 11.4. The van der Waals surface area contributed by atoms with Crippen molar-refractivity contribution >= 4 is 11.6 Å². The second-order valence-corrected chi connectivity index (χ2v) is 5.06. The number of hydrogen-bond acceptors (Lipinski definition) is 4. The number of para-hydroxylation sites is 1. The van der Waals surface area contributed by atoms with Gasteiger partial charge in [0.2, 0.25) is 5.91 Å². The first kappa shape index (κ1) is 12.8. The van der Waals surface area contributed by atoms with Crippen LogP contribution in [0.15, 0.2) is 30.5 Å². The van der Waals surface area contributed by atoms with E-state index in [1.54, 1.807) is 6.20 Å². The molecule has 1 atom stereocenters. The lowest BCUT2D eigenvalue weighted by Gasteiger charge is -2.22. The van der Waals surface area contributed by atoms with Gasteiger partial charge in [0.15, 0.2) is 0 Å². The third-order valence-electron chi connectivity index (χ3n) is 3.57. The smallest absolute Gasteiger partial charge is 0.249 e. The van der Waals surface area contributed by atoms with Crippen LogP contribution in [0.25, 0.3) is 0 Å². The highest BCUT2D eigenvalue weighted by Gasteiger charge is 2.30. The van der Waals surface area contributed by atoms with Crippen LogP contribution in [0.5, 0.6) is 0 Å². The monoisotopic (exact) mass is 271 g/mol. The quantitative estimate of drug-likeness (QED) is 0.892. The van der Waals surface area contributed by atoms with Crippen LogP contribution >= 0.6 is 0 Å². The first-order valence-electron chi connectivity index (χ1n) is 6.68. The van der Waals surface area contributed by atoms with Gasteiger partial charge in [-0.25, -0.2) is 4.68 Å². The van der Waals surface area contributed by atoms with E-state index in [0.717, 1.165) is 12.1 Å². The highest BCUT2D eigenvalue weighted by atomic mass is 16.2. The lowest BCUT2D eigenvalue weighted by molar-refractivity contribution is -0.119. The summed E-state index contributed by atoms with van der Waals surface area (Å²) in [5, 5.41) is 7.81. The second-order valence-electron chi connectivity index (χ2n) is 5.06. The Bertz CT molecular complexity index is 636. The van der Waals surface area contributed by atoms with Gasteiger partial charge in [-0.05, 0) is 25.0 Å². The third-order valence-corrected chi connectivity index (χ3v) is 3.57. The van der Waals surface area contributed by atoms with Gasteiger partial charge in [-0.15, -0.1) is 5.10 Å². The molecule has 1 aliphatic rings. The Labute approximate surface area is 117 Å². The number of carbonyl (C=O) groups excluding carboxylic acids is 1. The molecule has 1 aromatic heterocycles. The summed E-state index contributed by atoms with van der Waals surface area (Å²) in [4.78, 5) is 14.3. The van der Waals surface area contributed by atoms with Crippen molar-refractivity contribution in [2.24, 2.45) is 5.73 Å². The van der Waals surface area contributed by atoms with Gasteiger partial charge >= 0.3 is 0 Å². The number of aromatic nitrogens is 3. The van der Waals surface area contributed by atoms with Crippen LogP contribution in [0.3, 0.4) is 0 Å². The normalized spacial score (nSPS) is 17.3. The Kier molecular flexibility index (Phi) is 3.23. The number of nitrogens with two attached hydrogens (primary N) is 1. The van der Waals surface area contributed by atoms with Crippen molar-refractivity contribution in [3.8, 4) is 0 Å². The summed E-state index contributed by atoms with van der Waals surface area (Å²) in [5.41, 5.74) is 8.40. The minimum absolute atomic E-state index is 0.0240. The summed E-state index contributed by atoms with van der Waals surface area (Å²) >= 11 is 0. The Balaban J connectivity index is 1.80. The molecule has 2 heterocycles. The van der Waals surface area contributed by atoms with E-state index in [1.165, 1.54) is 10.2 Å². The molecule has 0 saturated heterocycles. The topological polar surface area (TPSA) is 77.0 Å². The number of hydrogen-bond donors (Lipinski definition) is 1. The fourth-order valence-electron chi connectivity index (χ4n) is 2.67. The average Bonchev–Trinajstić information content (AvgIpc) is 3.01. The number of carbonyl (C=O) groups is 1. The van der Waals surface area contributed by atoms with Crippen LogP contribution in [-0.4, -0.2) is 26.9 Å². The second kappa shape index (κ2) is 5.05. The molecule has 2 aromatic rings. The van der Waals surface area contributed by atoms with E-state index in [1.807, 2.05) is 23.1 Å². The molecule has 0 saturated carbocycles. The minimum atomic E-state index is 0.0240. The molecule has 0 fully saturated rings. The van der Waals surface area contributed by atoms with Crippen molar-refractivity contribution in [1.29, 1.82) is 0 Å². The molecule has 1 unspecified atom stereocenters. The van der Waals surface area contributed by atoms with Gasteiger partial charge in [-0.2, -0.15) is 0 Å². The molecule has 6 heteroatoms. The highest BCUT2D eigenvalue weighted by Crippen LogP contribution is 2.31. The maximum atomic E-state index is 12.5. The summed E-state index contributed by atoms with van der Waals surface area (Å²) in [6.07, 6.45) is 2.61. The standard InChI is InChI=1S/C14H17N5O/c1-10-6-11-4-2-3-5-13(11)19(10)14(20)9-18-8-12(7-15)16-17-18/h2-5,8,10H,6-7,9,15H2,1H3. The highest BCUT2D eigenvalue weighted by molar-refractivity contribution is 5.95. The van der Waals surface area contributed by atoms with Gasteiger partial charge in [0.1, 0.15) is 6.54 Å². The molecule has 0 aliphatic carbocycles. The molecule has 3 rings (SSSR count). The van der Waals surface area contributed by atoms with Gasteiger partial charge in [-0.1, -0.05) is 23.4 Å². The predicted octanol–water partition coefficient (Wildman–Crippen LogP) is 0.715. The van der Waals surface area contributed by atoms with Crippen molar-refractivity contribution in [1.82, 2.24) is 15.0 Å². The molecule has 0 radical (unpaired) electrons. The average molecular weight is 271 g/mol. The largest absolute Gasteiger partial charge is 0.325 e. The number of rotatable bonds is 3. The van der Waals surface area contributed by atoms with Crippen molar-refractivity contribution in [2.75, 3.05) is 4.90 Å². The van der Waals surface area contributed by atoms with Crippen molar-refractivity contribution in [3.63, 3.8) is 0 Å². The SMILES string of the molecule is CC1Cc2ccccc2N1C(=O)Cn1cc(CN)nn1. The first-order valence-corrected chi connectivity index (χ1v) is 6.68. The fourth-order valence-corrected chi connectivity index (χ4v) is 2.67. The summed E-state index contributed by atoms with van der Waals surface area (Å²) in [6, 6.07) is 8.20. The molecule has 0 bridgehead atoms. The number of nitrogens with zero attached hydrogens (tertiary/aromatic N) is 4. The summed E-state index contributed by atoms with van der Waals surface area (Å²) in [7, 11) is 0. The van der Waals surface area contributed by atoms with Crippen LogP contribution < -0.4 is 10.6 Å². The minimum Gasteiger partial charge on any atom is -0.325 e. The Morgan fingerprint density at radius 3 is 3.00 bits per heavy atom. The predicted molar refractivity (Wildman–Crippen MR) is 75.0 cm³/mol. The Morgan fingerprint density at radius 2 is 2.25 bits per heavy atom. The van der Waals surface area contributed by atoms with Crippen LogP contribution in [0, 0.1) is 0 Å². The van der Waals surface area contributed by atoms with Crippen LogP contribution in [0.2, 0.25) is 0 Å². The molecule has 6 nitrogen and oxygen atoms in total. The number of benzene rings is 1. The molecular formula is C14H17N5O. The van der Waals surface area contributed by atoms with Crippen LogP contribution in [0.1, 0.15) is 18.2 Å². The van der Waals surface area contributed by atoms with E-state index in [4.69, 9.17) is 5.73 Å². The van der Waals surface area contributed by atoms with E-state index >= 15 is 0 Å². The molecule has 2 N–H and O–H groups in total. The first-order chi connectivity index (χ1) is 9.69. The number of anilines is 1. The van der Waals surface area contributed by atoms with Gasteiger partial charge in [0.25, 0.3) is 0 Å². The van der Waals surface area contributed by atoms with Gasteiger partial charge < -0.3 is 10.6 Å². The molecular weight excluding hydrogens is 254 g/mol. The molecule has 0 spiro atoms. The third kappa shape index (κ3) is 2.18. The van der Waals surface area contributed by atoms with Gasteiger partial charge in [-0.3, -0.25) is 4.79 Å². The van der Waals surface area contributed by atoms with E-state index in [9.17, 15) is 4.79 Å². The van der Waals surface area contributed by atoms with Crippen molar-refractivity contribution in [3.05, 3.63) is 41.7 Å². The van der Waals surface area contributed by atoms with Gasteiger partial charge in [0.05, 0.1) is 11.9 Å². The maximum Gasteiger partial charge on any atom is 0.249 e. The Hall–Kier alpha value is -2.21. The summed E-state index contributed by atoms with van der Waals surface area (Å²) < 4.78 is 1.54. The lowest BCUT2D eigenvalue weighted by atomic mass is 10.1. The lowest BCUT2D eigenvalue weighted by Crippen LogP contribution is -2.38. The van der Waals surface area contributed by atoms with Gasteiger partial charge in [0, 0.05) is 18.3 Å². The van der Waals surface area contributed by atoms with E-state index < -0.39 is 0 Å². The van der Waals surface area contributed by atoms with Crippen molar-refractivity contribution in [2.45, 2.75) is 32.5 Å². The number of fused-ring (bicyclic) bond motifs is 1. The maximum absolute atomic E-state index is 12.5. The van der Waals surface area contributed by atoms with E-state index in [0.29, 0.717) is 12.2 Å². The summed E-state index contributed by atoms with van der Waals surface area (Å²) in [5.74, 6) is 0.0240. The van der Waals surface area contributed by atoms with Crippen LogP contribution in [-0.2, 0) is 24.3 Å². The molecule has 1 aliphatic heterocycles. The fraction of sp³-hybridized carbons (Fsp3) is 0.357. The summed E-state index contributed by atoms with van der Waals surface area (Å²) in [6.45, 7) is 2.58. The number of amides is 1.